The van der Waals surface area contributed by atoms with E-state index >= 15 is 0 Å². The summed E-state index contributed by atoms with van der Waals surface area (Å²) in [5, 5.41) is 24.4. The number of benzene rings is 5. The fraction of sp³-hybridized carbons (Fsp3) is 0.158. The zero-order chi connectivity index (χ0) is 33.3. The van der Waals surface area contributed by atoms with Gasteiger partial charge in [-0.3, -0.25) is 0 Å². The fourth-order valence-corrected chi connectivity index (χ4v) is 6.08. The van der Waals surface area contributed by atoms with Crippen molar-refractivity contribution >= 4 is 35.1 Å². The number of rotatable bonds is 11. The molecule has 0 unspecified atom stereocenters. The smallest absolute Gasteiger partial charge is 0.335 e. The van der Waals surface area contributed by atoms with Crippen molar-refractivity contribution in [3.05, 3.63) is 150 Å². The molecule has 4 N–H and O–H groups in total. The molecule has 0 bridgehead atoms. The number of carbonyl (C=O) groups excluding carboxylic acids is 1. The van der Waals surface area contributed by atoms with Crippen molar-refractivity contribution < 1.29 is 34.0 Å². The average Bonchev–Trinajstić information content (AvgIpc) is 3.12. The summed E-state index contributed by atoms with van der Waals surface area (Å²) >= 11 is 1.59. The zero-order valence-electron chi connectivity index (χ0n) is 25.8. The van der Waals surface area contributed by atoms with E-state index in [0.29, 0.717) is 29.3 Å². The van der Waals surface area contributed by atoms with Gasteiger partial charge in [0, 0.05) is 34.0 Å². The summed E-state index contributed by atoms with van der Waals surface area (Å²) in [6.07, 6.45) is -0.442. The Kier molecular flexibility index (Phi) is 10.7. The molecule has 1 heterocycles. The zero-order valence-corrected chi connectivity index (χ0v) is 26.6. The van der Waals surface area contributed by atoms with Gasteiger partial charge in [-0.25, -0.2) is 9.59 Å². The minimum Gasteiger partial charge on any atom is -0.478 e. The highest BCUT2D eigenvalue weighted by Crippen LogP contribution is 2.39. The number of aliphatic hydroxyl groups excluding tert-OH is 1. The monoisotopic (exact) mass is 662 g/mol. The molecule has 244 valence electrons. The Bertz CT molecular complexity index is 1800. The van der Waals surface area contributed by atoms with Gasteiger partial charge in [-0.2, -0.15) is 0 Å². The molecule has 0 radical (unpaired) electrons. The van der Waals surface area contributed by atoms with Gasteiger partial charge in [0.05, 0.1) is 24.4 Å². The minimum atomic E-state index is -0.959. The van der Waals surface area contributed by atoms with Crippen LogP contribution in [0.15, 0.2) is 132 Å². The third-order valence-electron chi connectivity index (χ3n) is 7.68. The first kappa shape index (κ1) is 32.8. The number of urea groups is 1. The number of amides is 2. The molecule has 5 aromatic rings. The van der Waals surface area contributed by atoms with E-state index < -0.39 is 12.3 Å². The van der Waals surface area contributed by atoms with Gasteiger partial charge in [0.1, 0.15) is 11.5 Å². The Labute approximate surface area is 282 Å². The summed E-state index contributed by atoms with van der Waals surface area (Å²) in [7, 11) is 0. The maximum Gasteiger partial charge on any atom is 0.335 e. The summed E-state index contributed by atoms with van der Waals surface area (Å²) in [5.41, 5.74) is 4.06. The Hall–Kier alpha value is -5.13. The third-order valence-corrected chi connectivity index (χ3v) is 8.83. The summed E-state index contributed by atoms with van der Waals surface area (Å²) in [5.74, 6) is 1.07. The van der Waals surface area contributed by atoms with Crippen molar-refractivity contribution in [1.29, 1.82) is 0 Å². The molecule has 0 aromatic heterocycles. The molecular weight excluding hydrogens is 628 g/mol. The lowest BCUT2D eigenvalue weighted by Crippen LogP contribution is -2.31. The van der Waals surface area contributed by atoms with Crippen molar-refractivity contribution in [3.63, 3.8) is 0 Å². The summed E-state index contributed by atoms with van der Waals surface area (Å²) in [4.78, 5) is 24.9. The Morgan fingerprint density at radius 1 is 0.729 bits per heavy atom. The van der Waals surface area contributed by atoms with Crippen LogP contribution in [0.1, 0.15) is 45.9 Å². The van der Waals surface area contributed by atoms with E-state index in [2.05, 4.69) is 10.6 Å². The first-order chi connectivity index (χ1) is 23.4. The summed E-state index contributed by atoms with van der Waals surface area (Å²) in [6.45, 7) is -0.0358. The van der Waals surface area contributed by atoms with E-state index in [1.54, 1.807) is 72.4 Å². The van der Waals surface area contributed by atoms with Gasteiger partial charge in [0.25, 0.3) is 0 Å². The molecule has 10 heteroatoms. The van der Waals surface area contributed by atoms with Crippen LogP contribution in [0.5, 0.6) is 11.5 Å². The second-order valence-corrected chi connectivity index (χ2v) is 12.2. The van der Waals surface area contributed by atoms with Gasteiger partial charge < -0.3 is 35.1 Å². The number of aliphatic hydroxyl groups is 1. The standard InChI is InChI=1S/C38H34N2O7S/c41-23-25-6-8-26(9-7-25)35-22-33(24-48-34-20-12-27(13-21-34)36(42)43)46-37(47-35)28-10-14-29(15-11-28)39-38(44)40-30-16-18-32(19-17-30)45-31-4-2-1-3-5-31/h1-21,33,35,37,41H,22-24H2,(H,42,43)(H2,39,40,44)/t33-,35+,37+/m0/s1. The maximum absolute atomic E-state index is 12.7. The number of hydrogen-bond acceptors (Lipinski definition) is 7. The van der Waals surface area contributed by atoms with Crippen LogP contribution < -0.4 is 15.4 Å². The molecule has 0 aliphatic carbocycles. The number of para-hydroxylation sites is 1. The van der Waals surface area contributed by atoms with E-state index in [1.807, 2.05) is 66.7 Å². The van der Waals surface area contributed by atoms with Crippen LogP contribution in [-0.4, -0.2) is 34.1 Å². The van der Waals surface area contributed by atoms with E-state index in [4.69, 9.17) is 14.2 Å². The van der Waals surface area contributed by atoms with Gasteiger partial charge in [-0.1, -0.05) is 54.6 Å². The van der Waals surface area contributed by atoms with Crippen molar-refractivity contribution in [2.24, 2.45) is 0 Å². The largest absolute Gasteiger partial charge is 0.478 e. The molecule has 9 nitrogen and oxygen atoms in total. The van der Waals surface area contributed by atoms with Crippen LogP contribution in [0, 0.1) is 0 Å². The van der Waals surface area contributed by atoms with Gasteiger partial charge in [0.2, 0.25) is 0 Å². The Balaban J connectivity index is 1.08. The first-order valence-corrected chi connectivity index (χ1v) is 16.4. The lowest BCUT2D eigenvalue weighted by Gasteiger charge is -2.36. The molecule has 5 aromatic carbocycles. The lowest BCUT2D eigenvalue weighted by atomic mass is 10.0. The normalized spacial score (nSPS) is 17.3. The van der Waals surface area contributed by atoms with Crippen LogP contribution in [0.3, 0.4) is 0 Å². The van der Waals surface area contributed by atoms with Crippen LogP contribution >= 0.6 is 11.8 Å². The third kappa shape index (κ3) is 8.81. The van der Waals surface area contributed by atoms with Crippen molar-refractivity contribution in [2.45, 2.75) is 36.4 Å². The molecule has 0 saturated carbocycles. The molecule has 3 atom stereocenters. The number of carbonyl (C=O) groups is 2. The highest BCUT2D eigenvalue weighted by atomic mass is 32.2. The number of hydrogen-bond donors (Lipinski definition) is 4. The first-order valence-electron chi connectivity index (χ1n) is 15.4. The topological polar surface area (TPSA) is 126 Å². The van der Waals surface area contributed by atoms with E-state index in [9.17, 15) is 19.8 Å². The van der Waals surface area contributed by atoms with Gasteiger partial charge >= 0.3 is 12.0 Å². The number of aromatic carboxylic acids is 1. The Morgan fingerprint density at radius 3 is 1.96 bits per heavy atom. The van der Waals surface area contributed by atoms with E-state index in [1.165, 1.54) is 0 Å². The second kappa shape index (κ2) is 15.6. The SMILES string of the molecule is O=C(Nc1ccc(Oc2ccccc2)cc1)Nc1ccc([C@@H]2O[C@H](CSc3ccc(C(=O)O)cc3)C[C@H](c3ccc(CO)cc3)O2)cc1. The maximum atomic E-state index is 12.7. The van der Waals surface area contributed by atoms with Gasteiger partial charge in [-0.05, 0) is 83.9 Å². The van der Waals surface area contributed by atoms with Crippen LogP contribution in [-0.2, 0) is 16.1 Å². The van der Waals surface area contributed by atoms with Crippen LogP contribution in [0.2, 0.25) is 0 Å². The van der Waals surface area contributed by atoms with Crippen molar-refractivity contribution in [2.75, 3.05) is 16.4 Å². The van der Waals surface area contributed by atoms with Gasteiger partial charge in [0.15, 0.2) is 6.29 Å². The molecule has 2 amide bonds. The second-order valence-electron chi connectivity index (χ2n) is 11.1. The summed E-state index contributed by atoms with van der Waals surface area (Å²) in [6, 6.07) is 38.0. The number of carboxylic acid groups (broad SMARTS) is 1. The predicted molar refractivity (Wildman–Crippen MR) is 185 cm³/mol. The molecule has 0 spiro atoms. The molecule has 6 rings (SSSR count). The summed E-state index contributed by atoms with van der Waals surface area (Å²) < 4.78 is 18.7. The molecule has 1 fully saturated rings. The highest BCUT2D eigenvalue weighted by Gasteiger charge is 2.32. The van der Waals surface area contributed by atoms with E-state index in [0.717, 1.165) is 27.3 Å². The van der Waals surface area contributed by atoms with Gasteiger partial charge in [-0.15, -0.1) is 11.8 Å². The van der Waals surface area contributed by atoms with Crippen molar-refractivity contribution in [1.82, 2.24) is 0 Å². The number of nitrogens with one attached hydrogen (secondary N) is 2. The fourth-order valence-electron chi connectivity index (χ4n) is 5.15. The average molecular weight is 663 g/mol. The van der Waals surface area contributed by atoms with Crippen LogP contribution in [0.25, 0.3) is 0 Å². The minimum absolute atomic E-state index is 0.0358. The quantitative estimate of drug-likeness (QED) is 0.104. The number of anilines is 2. The number of ether oxygens (including phenoxy) is 3. The number of carboxylic acids is 1. The number of thioether (sulfide) groups is 1. The Morgan fingerprint density at radius 2 is 1.33 bits per heavy atom. The molecular formula is C38H34N2O7S. The van der Waals surface area contributed by atoms with E-state index in [-0.39, 0.29) is 30.4 Å². The molecule has 1 aliphatic heterocycles. The lowest BCUT2D eigenvalue weighted by molar-refractivity contribution is -0.245. The van der Waals surface area contributed by atoms with Crippen molar-refractivity contribution in [3.8, 4) is 11.5 Å². The predicted octanol–water partition coefficient (Wildman–Crippen LogP) is 8.65. The molecule has 1 saturated heterocycles. The highest BCUT2D eigenvalue weighted by molar-refractivity contribution is 7.99. The molecule has 48 heavy (non-hydrogen) atoms. The molecule has 1 aliphatic rings. The van der Waals surface area contributed by atoms with Crippen LogP contribution in [0.4, 0.5) is 16.2 Å².